The Morgan fingerprint density at radius 1 is 1.37 bits per heavy atom. The number of halogens is 1. The Bertz CT molecular complexity index is 517. The van der Waals surface area contributed by atoms with Crippen molar-refractivity contribution in [3.05, 3.63) is 22.7 Å². The fraction of sp³-hybridized carbons (Fsp3) is 0.385. The van der Waals surface area contributed by atoms with E-state index in [9.17, 15) is 9.59 Å². The van der Waals surface area contributed by atoms with Crippen LogP contribution in [0.4, 0.5) is 5.69 Å². The lowest BCUT2D eigenvalue weighted by atomic mass is 9.73. The van der Waals surface area contributed by atoms with Crippen LogP contribution in [0, 0.1) is 11.8 Å². The third kappa shape index (κ3) is 2.89. The van der Waals surface area contributed by atoms with E-state index in [4.69, 9.17) is 9.84 Å². The summed E-state index contributed by atoms with van der Waals surface area (Å²) in [6.07, 6.45) is 1.17. The number of amides is 1. The molecule has 19 heavy (non-hydrogen) atoms. The Balaban J connectivity index is 2.11. The molecule has 1 fully saturated rings. The maximum absolute atomic E-state index is 12.0. The SMILES string of the molecule is COc1ccc(Br)cc1NC(=O)C1CCC1C(=O)O. The van der Waals surface area contributed by atoms with Crippen molar-refractivity contribution in [2.75, 3.05) is 12.4 Å². The van der Waals surface area contributed by atoms with Gasteiger partial charge in [-0.15, -0.1) is 0 Å². The maximum atomic E-state index is 12.0. The second-order valence-corrected chi connectivity index (χ2v) is 5.38. The Morgan fingerprint density at radius 2 is 2.05 bits per heavy atom. The van der Waals surface area contributed by atoms with Crippen molar-refractivity contribution in [2.45, 2.75) is 12.8 Å². The van der Waals surface area contributed by atoms with Crippen LogP contribution in [0.25, 0.3) is 0 Å². The summed E-state index contributed by atoms with van der Waals surface area (Å²) in [7, 11) is 1.52. The number of benzene rings is 1. The Kier molecular flexibility index (Phi) is 4.09. The van der Waals surface area contributed by atoms with Crippen molar-refractivity contribution >= 4 is 33.5 Å². The molecule has 0 radical (unpaired) electrons. The second-order valence-electron chi connectivity index (χ2n) is 4.46. The van der Waals surface area contributed by atoms with Gasteiger partial charge in [-0.05, 0) is 31.0 Å². The molecule has 102 valence electrons. The van der Waals surface area contributed by atoms with Crippen LogP contribution in [-0.4, -0.2) is 24.1 Å². The van der Waals surface area contributed by atoms with Crippen molar-refractivity contribution in [1.82, 2.24) is 0 Å². The highest BCUT2D eigenvalue weighted by atomic mass is 79.9. The van der Waals surface area contributed by atoms with Gasteiger partial charge in [0.1, 0.15) is 5.75 Å². The molecule has 1 aromatic carbocycles. The van der Waals surface area contributed by atoms with Crippen molar-refractivity contribution in [3.63, 3.8) is 0 Å². The smallest absolute Gasteiger partial charge is 0.307 e. The summed E-state index contributed by atoms with van der Waals surface area (Å²) in [5.41, 5.74) is 0.540. The van der Waals surface area contributed by atoms with Gasteiger partial charge in [0.15, 0.2) is 0 Å². The summed E-state index contributed by atoms with van der Waals surface area (Å²) in [4.78, 5) is 23.0. The van der Waals surface area contributed by atoms with Crippen molar-refractivity contribution in [1.29, 1.82) is 0 Å². The summed E-state index contributed by atoms with van der Waals surface area (Å²) in [6, 6.07) is 5.26. The highest BCUT2D eigenvalue weighted by molar-refractivity contribution is 9.10. The minimum absolute atomic E-state index is 0.268. The van der Waals surface area contributed by atoms with Crippen molar-refractivity contribution in [3.8, 4) is 5.75 Å². The molecule has 2 unspecified atom stereocenters. The first-order valence-corrected chi connectivity index (χ1v) is 6.69. The number of ether oxygens (including phenoxy) is 1. The zero-order valence-electron chi connectivity index (χ0n) is 10.4. The van der Waals surface area contributed by atoms with Gasteiger partial charge < -0.3 is 15.2 Å². The van der Waals surface area contributed by atoms with Crippen LogP contribution in [0.3, 0.4) is 0 Å². The van der Waals surface area contributed by atoms with E-state index in [1.165, 1.54) is 7.11 Å². The predicted molar refractivity (Wildman–Crippen MR) is 73.2 cm³/mol. The van der Waals surface area contributed by atoms with Gasteiger partial charge in [-0.25, -0.2) is 0 Å². The molecule has 1 saturated carbocycles. The number of carboxylic acids is 1. The average molecular weight is 328 g/mol. The van der Waals surface area contributed by atoms with E-state index >= 15 is 0 Å². The molecule has 1 aliphatic rings. The lowest BCUT2D eigenvalue weighted by Gasteiger charge is -2.32. The van der Waals surface area contributed by atoms with E-state index in [1.54, 1.807) is 18.2 Å². The normalized spacial score (nSPS) is 21.4. The molecule has 5 nitrogen and oxygen atoms in total. The largest absolute Gasteiger partial charge is 0.495 e. The molecule has 0 heterocycles. The number of carboxylic acid groups (broad SMARTS) is 1. The first-order chi connectivity index (χ1) is 9.02. The number of methoxy groups -OCH3 is 1. The molecule has 1 amide bonds. The van der Waals surface area contributed by atoms with Gasteiger partial charge in [0, 0.05) is 4.47 Å². The highest BCUT2D eigenvalue weighted by Crippen LogP contribution is 2.36. The van der Waals surface area contributed by atoms with Crippen LogP contribution in [0.1, 0.15) is 12.8 Å². The Labute approximate surface area is 119 Å². The van der Waals surface area contributed by atoms with E-state index in [2.05, 4.69) is 21.2 Å². The van der Waals surface area contributed by atoms with Gasteiger partial charge in [-0.3, -0.25) is 9.59 Å². The minimum Gasteiger partial charge on any atom is -0.495 e. The molecule has 0 saturated heterocycles. The van der Waals surface area contributed by atoms with E-state index in [-0.39, 0.29) is 5.91 Å². The third-order valence-corrected chi connectivity index (χ3v) is 3.84. The van der Waals surface area contributed by atoms with E-state index in [0.29, 0.717) is 24.3 Å². The first-order valence-electron chi connectivity index (χ1n) is 5.90. The van der Waals surface area contributed by atoms with Crippen LogP contribution in [0.2, 0.25) is 0 Å². The molecule has 2 rings (SSSR count). The molecule has 0 aromatic heterocycles. The number of hydrogen-bond donors (Lipinski definition) is 2. The topological polar surface area (TPSA) is 75.6 Å². The summed E-state index contributed by atoms with van der Waals surface area (Å²) >= 11 is 3.32. The molecular weight excluding hydrogens is 314 g/mol. The van der Waals surface area contributed by atoms with Crippen LogP contribution in [0.15, 0.2) is 22.7 Å². The fourth-order valence-corrected chi connectivity index (χ4v) is 2.47. The van der Waals surface area contributed by atoms with E-state index in [1.807, 2.05) is 0 Å². The minimum atomic E-state index is -0.910. The molecule has 6 heteroatoms. The van der Waals surface area contributed by atoms with Gasteiger partial charge >= 0.3 is 5.97 Å². The van der Waals surface area contributed by atoms with Gasteiger partial charge in [0.2, 0.25) is 5.91 Å². The average Bonchev–Trinajstić information content (AvgIpc) is 2.26. The molecule has 0 aliphatic heterocycles. The Morgan fingerprint density at radius 3 is 2.58 bits per heavy atom. The van der Waals surface area contributed by atoms with E-state index in [0.717, 1.165) is 4.47 Å². The zero-order valence-corrected chi connectivity index (χ0v) is 11.9. The monoisotopic (exact) mass is 327 g/mol. The van der Waals surface area contributed by atoms with Gasteiger partial charge in [0.25, 0.3) is 0 Å². The molecule has 1 aromatic rings. The molecular formula is C13H14BrNO4. The second kappa shape index (κ2) is 5.61. The van der Waals surface area contributed by atoms with Crippen molar-refractivity contribution < 1.29 is 19.4 Å². The highest BCUT2D eigenvalue weighted by Gasteiger charge is 2.41. The number of nitrogens with one attached hydrogen (secondary N) is 1. The van der Waals surface area contributed by atoms with Crippen LogP contribution in [-0.2, 0) is 9.59 Å². The molecule has 2 atom stereocenters. The molecule has 1 aliphatic carbocycles. The third-order valence-electron chi connectivity index (χ3n) is 3.35. The summed E-state index contributed by atoms with van der Waals surface area (Å²) in [6.45, 7) is 0. The number of rotatable bonds is 4. The lowest BCUT2D eigenvalue weighted by molar-refractivity contribution is -0.151. The number of carbonyl (C=O) groups is 2. The molecule has 0 spiro atoms. The fourth-order valence-electron chi connectivity index (χ4n) is 2.11. The van der Waals surface area contributed by atoms with E-state index < -0.39 is 17.8 Å². The number of anilines is 1. The lowest BCUT2D eigenvalue weighted by Crippen LogP contribution is -2.41. The summed E-state index contributed by atoms with van der Waals surface area (Å²) in [5.74, 6) is -1.66. The standard InChI is InChI=1S/C13H14BrNO4/c1-19-11-5-2-7(14)6-10(11)15-12(16)8-3-4-9(8)13(17)18/h2,5-6,8-9H,3-4H2,1H3,(H,15,16)(H,17,18). The summed E-state index contributed by atoms with van der Waals surface area (Å²) in [5, 5.41) is 11.7. The number of aliphatic carboxylic acids is 1. The zero-order chi connectivity index (χ0) is 14.0. The quantitative estimate of drug-likeness (QED) is 0.890. The van der Waals surface area contributed by atoms with Crippen molar-refractivity contribution in [2.24, 2.45) is 11.8 Å². The van der Waals surface area contributed by atoms with Gasteiger partial charge in [-0.2, -0.15) is 0 Å². The van der Waals surface area contributed by atoms with Crippen LogP contribution < -0.4 is 10.1 Å². The number of carbonyl (C=O) groups excluding carboxylic acids is 1. The van der Waals surface area contributed by atoms with Crippen LogP contribution in [0.5, 0.6) is 5.75 Å². The molecule has 2 N–H and O–H groups in total. The Hall–Kier alpha value is -1.56. The number of hydrogen-bond acceptors (Lipinski definition) is 3. The first kappa shape index (κ1) is 13.9. The van der Waals surface area contributed by atoms with Gasteiger partial charge in [-0.1, -0.05) is 15.9 Å². The summed E-state index contributed by atoms with van der Waals surface area (Å²) < 4.78 is 5.97. The predicted octanol–water partition coefficient (Wildman–Crippen LogP) is 2.51. The van der Waals surface area contributed by atoms with Gasteiger partial charge in [0.05, 0.1) is 24.6 Å². The molecule has 0 bridgehead atoms. The van der Waals surface area contributed by atoms with Crippen LogP contribution >= 0.6 is 15.9 Å². The maximum Gasteiger partial charge on any atom is 0.307 e.